The third kappa shape index (κ3) is 2.76. The molecule has 0 heterocycles. The van der Waals surface area contributed by atoms with Crippen molar-refractivity contribution in [1.29, 1.82) is 0 Å². The molecule has 1 rings (SSSR count). The number of nitrogens with zero attached hydrogens (tertiary/aromatic N) is 1. The van der Waals surface area contributed by atoms with Crippen LogP contribution in [0, 0.1) is 5.21 Å². The zero-order chi connectivity index (χ0) is 10.8. The van der Waals surface area contributed by atoms with Crippen molar-refractivity contribution in [3.63, 3.8) is 0 Å². The molecular weight excluding hydrogens is 195 g/mol. The summed E-state index contributed by atoms with van der Waals surface area (Å²) in [6.07, 6.45) is -3.14. The van der Waals surface area contributed by atoms with Crippen molar-refractivity contribution in [3.8, 4) is 0 Å². The lowest BCUT2D eigenvalue weighted by molar-refractivity contribution is -0.416. The highest BCUT2D eigenvalue weighted by atomic mass is 19.4. The van der Waals surface area contributed by atoms with E-state index in [9.17, 15) is 18.4 Å². The van der Waals surface area contributed by atoms with E-state index >= 15 is 0 Å². The first-order chi connectivity index (χ1) is 6.39. The number of hydrogen-bond donors (Lipinski definition) is 0. The quantitative estimate of drug-likeness (QED) is 0.297. The average molecular weight is 203 g/mol. The minimum Gasteiger partial charge on any atom is -0.624 e. The van der Waals surface area contributed by atoms with Crippen LogP contribution in [0.2, 0.25) is 0 Å². The van der Waals surface area contributed by atoms with Gasteiger partial charge in [0, 0.05) is 5.56 Å². The fourth-order valence-corrected chi connectivity index (χ4v) is 0.968. The SMILES string of the molecule is C[N+]([O-])=Cc1ccc(C(F)(F)F)cc1. The molecular formula is C9H8F3NO. The van der Waals surface area contributed by atoms with Crippen molar-refractivity contribution in [2.24, 2.45) is 0 Å². The van der Waals surface area contributed by atoms with E-state index in [4.69, 9.17) is 0 Å². The lowest BCUT2D eigenvalue weighted by atomic mass is 10.1. The van der Waals surface area contributed by atoms with Crippen LogP contribution in [-0.4, -0.2) is 18.0 Å². The molecule has 5 heteroatoms. The molecule has 0 amide bonds. The first kappa shape index (κ1) is 10.6. The molecule has 76 valence electrons. The summed E-state index contributed by atoms with van der Waals surface area (Å²) in [4.78, 5) is 0. The standard InChI is InChI=1S/C9H8F3NO/c1-13(14)6-7-2-4-8(5-3-7)9(10,11)12/h2-6H,1H3. The summed E-state index contributed by atoms with van der Waals surface area (Å²) in [5, 5.41) is 10.5. The van der Waals surface area contributed by atoms with E-state index in [0.717, 1.165) is 12.1 Å². The lowest BCUT2D eigenvalue weighted by Crippen LogP contribution is -2.05. The third-order valence-electron chi connectivity index (χ3n) is 1.57. The van der Waals surface area contributed by atoms with Gasteiger partial charge in [-0.25, -0.2) is 4.74 Å². The maximum absolute atomic E-state index is 12.1. The third-order valence-corrected chi connectivity index (χ3v) is 1.57. The van der Waals surface area contributed by atoms with E-state index < -0.39 is 11.7 Å². The second-order valence-electron chi connectivity index (χ2n) is 2.80. The first-order valence-electron chi connectivity index (χ1n) is 3.81. The van der Waals surface area contributed by atoms with Gasteiger partial charge in [0.15, 0.2) is 6.21 Å². The Bertz CT molecular complexity index is 336. The molecule has 1 aromatic rings. The Morgan fingerprint density at radius 2 is 1.71 bits per heavy atom. The fourth-order valence-electron chi connectivity index (χ4n) is 0.968. The summed E-state index contributed by atoms with van der Waals surface area (Å²) in [6, 6.07) is 4.37. The minimum atomic E-state index is -4.33. The maximum atomic E-state index is 12.1. The highest BCUT2D eigenvalue weighted by molar-refractivity contribution is 5.75. The second-order valence-corrected chi connectivity index (χ2v) is 2.80. The molecule has 0 saturated heterocycles. The minimum absolute atomic E-state index is 0.440. The van der Waals surface area contributed by atoms with E-state index in [0.29, 0.717) is 10.3 Å². The molecule has 0 unspecified atom stereocenters. The zero-order valence-corrected chi connectivity index (χ0v) is 7.38. The molecule has 0 aromatic heterocycles. The Morgan fingerprint density at radius 3 is 2.07 bits per heavy atom. The summed E-state index contributed by atoms with van der Waals surface area (Å²) in [5.74, 6) is 0. The number of hydrogen-bond acceptors (Lipinski definition) is 1. The molecule has 0 N–H and O–H groups in total. The number of hydroxylamine groups is 1. The molecule has 0 fully saturated rings. The molecule has 0 atom stereocenters. The van der Waals surface area contributed by atoms with E-state index in [1.807, 2.05) is 0 Å². The largest absolute Gasteiger partial charge is 0.624 e. The molecule has 2 nitrogen and oxygen atoms in total. The van der Waals surface area contributed by atoms with Crippen LogP contribution in [0.4, 0.5) is 13.2 Å². The van der Waals surface area contributed by atoms with Crippen molar-refractivity contribution in [2.75, 3.05) is 7.05 Å². The summed E-state index contributed by atoms with van der Waals surface area (Å²) in [6.45, 7) is 0. The van der Waals surface area contributed by atoms with Crippen LogP contribution in [0.25, 0.3) is 0 Å². The highest BCUT2D eigenvalue weighted by Gasteiger charge is 2.29. The summed E-state index contributed by atoms with van der Waals surface area (Å²) < 4.78 is 36.8. The predicted octanol–water partition coefficient (Wildman–Crippen LogP) is 2.26. The van der Waals surface area contributed by atoms with Crippen molar-refractivity contribution in [1.82, 2.24) is 0 Å². The average Bonchev–Trinajstić information content (AvgIpc) is 2.02. The highest BCUT2D eigenvalue weighted by Crippen LogP contribution is 2.28. The Labute approximate surface area is 78.9 Å². The van der Waals surface area contributed by atoms with Gasteiger partial charge in [-0.1, -0.05) is 0 Å². The van der Waals surface area contributed by atoms with Gasteiger partial charge < -0.3 is 5.21 Å². The molecule has 0 saturated carbocycles. The van der Waals surface area contributed by atoms with Crippen LogP contribution in [0.5, 0.6) is 0 Å². The van der Waals surface area contributed by atoms with Crippen molar-refractivity contribution in [3.05, 3.63) is 40.6 Å². The molecule has 0 radical (unpaired) electrons. The summed E-state index contributed by atoms with van der Waals surface area (Å²) in [7, 11) is 1.26. The Balaban J connectivity index is 2.95. The van der Waals surface area contributed by atoms with Crippen molar-refractivity contribution >= 4 is 6.21 Å². The lowest BCUT2D eigenvalue weighted by Gasteiger charge is -2.05. The van der Waals surface area contributed by atoms with Crippen molar-refractivity contribution < 1.29 is 17.9 Å². The summed E-state index contributed by atoms with van der Waals surface area (Å²) in [5.41, 5.74) is -0.279. The normalized spacial score (nSPS) is 13.0. The molecule has 0 aliphatic rings. The van der Waals surface area contributed by atoms with Crippen LogP contribution in [0.15, 0.2) is 24.3 Å². The number of halogens is 3. The van der Waals surface area contributed by atoms with Gasteiger partial charge in [0.2, 0.25) is 0 Å². The summed E-state index contributed by atoms with van der Waals surface area (Å²) >= 11 is 0. The Hall–Kier alpha value is -1.52. The van der Waals surface area contributed by atoms with Gasteiger partial charge in [-0.05, 0) is 24.3 Å². The topological polar surface area (TPSA) is 26.1 Å². The van der Waals surface area contributed by atoms with Gasteiger partial charge in [-0.3, -0.25) is 0 Å². The number of rotatable bonds is 1. The van der Waals surface area contributed by atoms with Crippen molar-refractivity contribution in [2.45, 2.75) is 6.18 Å². The monoisotopic (exact) mass is 203 g/mol. The number of benzene rings is 1. The maximum Gasteiger partial charge on any atom is 0.416 e. The van der Waals surface area contributed by atoms with Gasteiger partial charge in [0.05, 0.1) is 5.56 Å². The zero-order valence-electron chi connectivity index (χ0n) is 7.38. The fraction of sp³-hybridized carbons (Fsp3) is 0.222. The molecule has 0 aliphatic carbocycles. The Kier molecular flexibility index (Phi) is 2.78. The number of alkyl halides is 3. The van der Waals surface area contributed by atoms with E-state index in [-0.39, 0.29) is 0 Å². The molecule has 14 heavy (non-hydrogen) atoms. The van der Waals surface area contributed by atoms with Crippen LogP contribution < -0.4 is 0 Å². The first-order valence-corrected chi connectivity index (χ1v) is 3.81. The van der Waals surface area contributed by atoms with Gasteiger partial charge in [0.25, 0.3) is 0 Å². The molecule has 1 aromatic carbocycles. The van der Waals surface area contributed by atoms with Crippen LogP contribution in [0.1, 0.15) is 11.1 Å². The second kappa shape index (κ2) is 3.69. The van der Waals surface area contributed by atoms with E-state index in [2.05, 4.69) is 0 Å². The van der Waals surface area contributed by atoms with Gasteiger partial charge in [0.1, 0.15) is 7.05 Å². The van der Waals surface area contributed by atoms with E-state index in [1.165, 1.54) is 25.4 Å². The van der Waals surface area contributed by atoms with Gasteiger partial charge in [-0.15, -0.1) is 0 Å². The predicted molar refractivity (Wildman–Crippen MR) is 46.2 cm³/mol. The Morgan fingerprint density at radius 1 is 1.21 bits per heavy atom. The van der Waals surface area contributed by atoms with Gasteiger partial charge >= 0.3 is 6.18 Å². The van der Waals surface area contributed by atoms with Crippen LogP contribution in [0.3, 0.4) is 0 Å². The molecule has 0 bridgehead atoms. The molecule has 0 spiro atoms. The molecule has 0 aliphatic heterocycles. The van der Waals surface area contributed by atoms with E-state index in [1.54, 1.807) is 0 Å². The van der Waals surface area contributed by atoms with Crippen LogP contribution in [-0.2, 0) is 6.18 Å². The van der Waals surface area contributed by atoms with Gasteiger partial charge in [-0.2, -0.15) is 13.2 Å². The van der Waals surface area contributed by atoms with Crippen LogP contribution >= 0.6 is 0 Å². The smallest absolute Gasteiger partial charge is 0.416 e.